The lowest BCUT2D eigenvalue weighted by atomic mass is 10.3. The van der Waals surface area contributed by atoms with E-state index in [2.05, 4.69) is 0 Å². The number of halogens is 3. The van der Waals surface area contributed by atoms with Crippen molar-refractivity contribution >= 4 is 43.4 Å². The number of hydrogen-bond donors (Lipinski definition) is 0. The lowest BCUT2D eigenvalue weighted by molar-refractivity contribution is 0.388. The first-order chi connectivity index (χ1) is 12.1. The van der Waals surface area contributed by atoms with Crippen molar-refractivity contribution in [3.05, 3.63) is 87.9 Å². The zero-order valence-corrected chi connectivity index (χ0v) is 15.9. The molecule has 0 aromatic heterocycles. The third-order valence-electron chi connectivity index (χ3n) is 3.03. The molecule has 0 aliphatic rings. The van der Waals surface area contributed by atoms with Crippen molar-refractivity contribution < 1.29 is 13.6 Å². The SMILES string of the molecule is Clc1ccccc1OP(Oc1ccccc1Cl)Oc1ccccc1Cl. The summed E-state index contributed by atoms with van der Waals surface area (Å²) >= 11 is 18.5. The summed E-state index contributed by atoms with van der Waals surface area (Å²) in [4.78, 5) is 0. The highest BCUT2D eigenvalue weighted by molar-refractivity contribution is 7.43. The summed E-state index contributed by atoms with van der Waals surface area (Å²) in [5, 5.41) is 1.33. The first kappa shape index (κ1) is 18.2. The second kappa shape index (κ2) is 8.64. The summed E-state index contributed by atoms with van der Waals surface area (Å²) in [5.74, 6) is 1.32. The normalized spacial score (nSPS) is 10.6. The average Bonchev–Trinajstić information content (AvgIpc) is 2.61. The number of para-hydroxylation sites is 3. The first-order valence-electron chi connectivity index (χ1n) is 7.21. The van der Waals surface area contributed by atoms with Crippen LogP contribution in [0.5, 0.6) is 17.2 Å². The van der Waals surface area contributed by atoms with E-state index in [1.54, 1.807) is 72.8 Å². The van der Waals surface area contributed by atoms with Crippen LogP contribution in [0.15, 0.2) is 72.8 Å². The minimum atomic E-state index is -1.89. The fraction of sp³-hybridized carbons (Fsp3) is 0. The van der Waals surface area contributed by atoms with E-state index < -0.39 is 8.60 Å². The van der Waals surface area contributed by atoms with E-state index in [1.165, 1.54) is 0 Å². The molecule has 0 heterocycles. The van der Waals surface area contributed by atoms with Gasteiger partial charge < -0.3 is 13.6 Å². The Morgan fingerprint density at radius 2 is 0.760 bits per heavy atom. The molecule has 0 unspecified atom stereocenters. The fourth-order valence-corrected chi connectivity index (χ4v) is 3.61. The molecule has 0 amide bonds. The van der Waals surface area contributed by atoms with Crippen molar-refractivity contribution in [1.82, 2.24) is 0 Å². The molecule has 3 aromatic carbocycles. The number of benzene rings is 3. The molecule has 0 bridgehead atoms. The minimum absolute atomic E-state index is 0.439. The molecule has 128 valence electrons. The van der Waals surface area contributed by atoms with Gasteiger partial charge in [-0.3, -0.25) is 0 Å². The van der Waals surface area contributed by atoms with Crippen LogP contribution in [0, 0.1) is 0 Å². The van der Waals surface area contributed by atoms with E-state index in [4.69, 9.17) is 48.4 Å². The van der Waals surface area contributed by atoms with Gasteiger partial charge in [0.2, 0.25) is 0 Å². The molecule has 3 aromatic rings. The van der Waals surface area contributed by atoms with Gasteiger partial charge in [0.1, 0.15) is 17.2 Å². The molecule has 0 fully saturated rings. The molecule has 0 saturated heterocycles. The lowest BCUT2D eigenvalue weighted by Gasteiger charge is -2.19. The summed E-state index contributed by atoms with van der Waals surface area (Å²) in [6.45, 7) is 0. The summed E-state index contributed by atoms with van der Waals surface area (Å²) < 4.78 is 17.5. The molecule has 0 spiro atoms. The topological polar surface area (TPSA) is 27.7 Å². The third kappa shape index (κ3) is 4.93. The van der Waals surface area contributed by atoms with Crippen molar-refractivity contribution in [1.29, 1.82) is 0 Å². The van der Waals surface area contributed by atoms with Gasteiger partial charge >= 0.3 is 8.60 Å². The second-order valence-electron chi connectivity index (χ2n) is 4.79. The molecule has 7 heteroatoms. The minimum Gasteiger partial charge on any atom is -0.407 e. The van der Waals surface area contributed by atoms with Gasteiger partial charge in [-0.05, 0) is 36.4 Å². The maximum atomic E-state index is 6.16. The fourth-order valence-electron chi connectivity index (χ4n) is 1.85. The van der Waals surface area contributed by atoms with Crippen LogP contribution in [0.3, 0.4) is 0 Å². The third-order valence-corrected chi connectivity index (χ3v) is 5.00. The monoisotopic (exact) mass is 412 g/mol. The Labute approximate surface area is 162 Å². The van der Waals surface area contributed by atoms with Crippen LogP contribution < -0.4 is 13.6 Å². The maximum Gasteiger partial charge on any atom is 0.530 e. The zero-order chi connectivity index (χ0) is 17.6. The molecule has 0 N–H and O–H groups in total. The van der Waals surface area contributed by atoms with Crippen molar-refractivity contribution in [2.45, 2.75) is 0 Å². The molecule has 0 radical (unpaired) electrons. The van der Waals surface area contributed by atoms with Gasteiger partial charge in [0.15, 0.2) is 0 Å². The lowest BCUT2D eigenvalue weighted by Crippen LogP contribution is -2.03. The molecular weight excluding hydrogens is 402 g/mol. The Hall–Kier alpha value is -1.64. The van der Waals surface area contributed by atoms with Gasteiger partial charge in [0.05, 0.1) is 15.1 Å². The van der Waals surface area contributed by atoms with Crippen molar-refractivity contribution in [2.24, 2.45) is 0 Å². The maximum absolute atomic E-state index is 6.16. The van der Waals surface area contributed by atoms with Gasteiger partial charge in [-0.15, -0.1) is 0 Å². The Balaban J connectivity index is 1.86. The Kier molecular flexibility index (Phi) is 6.28. The smallest absolute Gasteiger partial charge is 0.407 e. The van der Waals surface area contributed by atoms with Crippen LogP contribution in [0.25, 0.3) is 0 Å². The van der Waals surface area contributed by atoms with E-state index in [0.717, 1.165) is 0 Å². The van der Waals surface area contributed by atoms with Crippen LogP contribution >= 0.6 is 43.4 Å². The number of hydrogen-bond acceptors (Lipinski definition) is 3. The van der Waals surface area contributed by atoms with Gasteiger partial charge in [-0.25, -0.2) is 0 Å². The summed E-state index contributed by atoms with van der Waals surface area (Å²) in [5.41, 5.74) is 0. The van der Waals surface area contributed by atoms with Gasteiger partial charge in [0.25, 0.3) is 0 Å². The van der Waals surface area contributed by atoms with Crippen LogP contribution in [0.2, 0.25) is 15.1 Å². The largest absolute Gasteiger partial charge is 0.530 e. The molecular formula is C18H12Cl3O3P. The summed E-state index contributed by atoms with van der Waals surface area (Å²) in [7, 11) is -1.89. The van der Waals surface area contributed by atoms with Crippen LogP contribution in [-0.2, 0) is 0 Å². The van der Waals surface area contributed by atoms with E-state index in [1.807, 2.05) is 0 Å². The Morgan fingerprint density at radius 1 is 0.480 bits per heavy atom. The van der Waals surface area contributed by atoms with E-state index >= 15 is 0 Å². The van der Waals surface area contributed by atoms with Crippen LogP contribution in [-0.4, -0.2) is 0 Å². The zero-order valence-electron chi connectivity index (χ0n) is 12.7. The average molecular weight is 414 g/mol. The highest BCUT2D eigenvalue weighted by Crippen LogP contribution is 2.46. The summed E-state index contributed by atoms with van der Waals surface area (Å²) in [6.07, 6.45) is 0. The Morgan fingerprint density at radius 3 is 1.04 bits per heavy atom. The molecule has 0 aliphatic heterocycles. The predicted molar refractivity (Wildman–Crippen MR) is 103 cm³/mol. The molecule has 0 saturated carbocycles. The highest BCUT2D eigenvalue weighted by atomic mass is 35.5. The molecule has 25 heavy (non-hydrogen) atoms. The second-order valence-corrected chi connectivity index (χ2v) is 7.01. The predicted octanol–water partition coefficient (Wildman–Crippen LogP) is 7.41. The van der Waals surface area contributed by atoms with Gasteiger partial charge in [0, 0.05) is 0 Å². The standard InChI is InChI=1S/C18H12Cl3O3P/c19-13-7-1-4-10-16(13)22-25(23-17-11-5-2-8-14(17)20)24-18-12-6-3-9-15(18)21/h1-12H. The summed E-state index contributed by atoms with van der Waals surface area (Å²) in [6, 6.07) is 21.2. The van der Waals surface area contributed by atoms with Crippen LogP contribution in [0.1, 0.15) is 0 Å². The van der Waals surface area contributed by atoms with Crippen molar-refractivity contribution in [2.75, 3.05) is 0 Å². The van der Waals surface area contributed by atoms with E-state index in [9.17, 15) is 0 Å². The van der Waals surface area contributed by atoms with E-state index in [-0.39, 0.29) is 0 Å². The molecule has 3 rings (SSSR count). The first-order valence-corrected chi connectivity index (χ1v) is 9.44. The number of rotatable bonds is 6. The van der Waals surface area contributed by atoms with Gasteiger partial charge in [-0.2, -0.15) is 0 Å². The molecule has 3 nitrogen and oxygen atoms in total. The van der Waals surface area contributed by atoms with Crippen LogP contribution in [0.4, 0.5) is 0 Å². The quantitative estimate of drug-likeness (QED) is 0.394. The van der Waals surface area contributed by atoms with Crippen molar-refractivity contribution in [3.63, 3.8) is 0 Å². The van der Waals surface area contributed by atoms with E-state index in [0.29, 0.717) is 32.3 Å². The van der Waals surface area contributed by atoms with Crippen molar-refractivity contribution in [3.8, 4) is 17.2 Å². The van der Waals surface area contributed by atoms with Gasteiger partial charge in [-0.1, -0.05) is 71.2 Å². The molecule has 0 aliphatic carbocycles. The molecule has 0 atom stereocenters. The highest BCUT2D eigenvalue weighted by Gasteiger charge is 2.23. The Bertz CT molecular complexity index is 747.